The lowest BCUT2D eigenvalue weighted by Crippen LogP contribution is -2.31. The Labute approximate surface area is 456 Å². The molecule has 0 amide bonds. The monoisotopic (exact) mass is 1010 g/mol. The summed E-state index contributed by atoms with van der Waals surface area (Å²) in [5.74, 6) is 0. The third kappa shape index (κ3) is 5.51. The molecule has 3 aliphatic rings. The van der Waals surface area contributed by atoms with Gasteiger partial charge >= 0.3 is 0 Å². The molecule has 2 aliphatic carbocycles. The molecule has 17 rings (SSSR count). The second-order valence-electron chi connectivity index (χ2n) is 22.3. The molecule has 1 aliphatic heterocycles. The van der Waals surface area contributed by atoms with Gasteiger partial charge < -0.3 is 9.47 Å². The summed E-state index contributed by atoms with van der Waals surface area (Å²) in [5.41, 5.74) is 23.4. The molecule has 0 saturated carbocycles. The molecule has 3 heteroatoms. The molecule has 0 saturated heterocycles. The van der Waals surface area contributed by atoms with Crippen LogP contribution in [0.2, 0.25) is 0 Å². The van der Waals surface area contributed by atoms with E-state index in [9.17, 15) is 0 Å². The molecule has 3 heterocycles. The lowest BCUT2D eigenvalue weighted by molar-refractivity contribution is 0.632. The van der Waals surface area contributed by atoms with E-state index in [1.165, 1.54) is 164 Å². The lowest BCUT2D eigenvalue weighted by Gasteiger charge is -2.43. The van der Waals surface area contributed by atoms with Crippen LogP contribution < -0.4 is 10.1 Å². The zero-order valence-electron chi connectivity index (χ0n) is 43.5. The molecule has 0 radical (unpaired) electrons. The number of anilines is 3. The highest BCUT2D eigenvalue weighted by Crippen LogP contribution is 2.65. The second kappa shape index (κ2) is 15.7. The first kappa shape index (κ1) is 43.9. The summed E-state index contributed by atoms with van der Waals surface area (Å²) in [7, 11) is 0. The maximum Gasteiger partial charge on any atom is 0.0726 e. The van der Waals surface area contributed by atoms with E-state index in [4.69, 9.17) is 0 Å². The van der Waals surface area contributed by atoms with Crippen LogP contribution in [0.4, 0.5) is 17.1 Å². The number of aromatic nitrogens is 1. The van der Waals surface area contributed by atoms with Gasteiger partial charge in [-0.15, -0.1) is 11.3 Å². The van der Waals surface area contributed by atoms with Gasteiger partial charge in [0, 0.05) is 41.9 Å². The van der Waals surface area contributed by atoms with Crippen LogP contribution in [-0.4, -0.2) is 4.57 Å². The molecule has 2 aromatic heterocycles. The van der Waals surface area contributed by atoms with Crippen molar-refractivity contribution in [3.63, 3.8) is 0 Å². The van der Waals surface area contributed by atoms with E-state index < -0.39 is 5.41 Å². The molecule has 2 nitrogen and oxygen atoms in total. The first-order valence-electron chi connectivity index (χ1n) is 27.3. The molecule has 0 N–H and O–H groups in total. The Morgan fingerprint density at radius 2 is 1.04 bits per heavy atom. The number of aryl methyl sites for hydroxylation is 1. The minimum absolute atomic E-state index is 0.289. The van der Waals surface area contributed by atoms with Crippen molar-refractivity contribution in [1.82, 2.24) is 4.57 Å². The molecule has 366 valence electrons. The third-order valence-corrected chi connectivity index (χ3v) is 19.4. The summed E-state index contributed by atoms with van der Waals surface area (Å²) in [4.78, 5) is 2.58. The highest BCUT2D eigenvalue weighted by molar-refractivity contribution is 7.26. The van der Waals surface area contributed by atoms with Crippen molar-refractivity contribution >= 4 is 98.0 Å². The molecular formula is C75H50N2S. The number of nitrogens with zero attached hydrogens (tertiary/aromatic N) is 2. The molecule has 1 spiro atoms. The van der Waals surface area contributed by atoms with Crippen LogP contribution in [0.15, 0.2) is 237 Å². The molecule has 0 atom stereocenters. The summed E-state index contributed by atoms with van der Waals surface area (Å²) in [6, 6.07) is 85.3. The number of rotatable bonds is 4. The van der Waals surface area contributed by atoms with Gasteiger partial charge in [0.1, 0.15) is 0 Å². The normalized spacial score (nSPS) is 14.7. The Kier molecular flexibility index (Phi) is 8.82. The topological polar surface area (TPSA) is 8.17 Å². The predicted molar refractivity (Wildman–Crippen MR) is 332 cm³/mol. The Balaban J connectivity index is 0.855. The summed E-state index contributed by atoms with van der Waals surface area (Å²) in [6.45, 7) is 11.3. The lowest BCUT2D eigenvalue weighted by atomic mass is 9.70. The van der Waals surface area contributed by atoms with Gasteiger partial charge in [0.05, 0.1) is 39.2 Å². The molecule has 12 aromatic carbocycles. The molecule has 78 heavy (non-hydrogen) atoms. The van der Waals surface area contributed by atoms with Crippen molar-refractivity contribution in [2.24, 2.45) is 0 Å². The van der Waals surface area contributed by atoms with Gasteiger partial charge in [0.2, 0.25) is 0 Å². The number of hydrogen-bond donors (Lipinski definition) is 0. The first-order chi connectivity index (χ1) is 38.3. The summed E-state index contributed by atoms with van der Waals surface area (Å²) in [6.07, 6.45) is 4.10. The molecule has 14 aromatic rings. The van der Waals surface area contributed by atoms with Gasteiger partial charge in [-0.3, -0.25) is 0 Å². The highest BCUT2D eigenvalue weighted by Gasteiger charge is 2.53. The number of fused-ring (bicyclic) bond motifs is 19. The van der Waals surface area contributed by atoms with Crippen LogP contribution in [0.3, 0.4) is 0 Å². The molecular weight excluding hydrogens is 961 g/mol. The van der Waals surface area contributed by atoms with Crippen LogP contribution in [-0.2, 0) is 10.8 Å². The number of hydrogen-bond acceptors (Lipinski definition) is 2. The molecule has 0 unspecified atom stereocenters. The Morgan fingerprint density at radius 3 is 1.83 bits per heavy atom. The van der Waals surface area contributed by atoms with Crippen molar-refractivity contribution in [3.05, 3.63) is 281 Å². The maximum atomic E-state index is 4.16. The van der Waals surface area contributed by atoms with Crippen LogP contribution in [0.1, 0.15) is 52.8 Å². The number of thiophene rings is 1. The van der Waals surface area contributed by atoms with Crippen molar-refractivity contribution in [1.29, 1.82) is 0 Å². The third-order valence-electron chi connectivity index (χ3n) is 18.3. The van der Waals surface area contributed by atoms with Crippen LogP contribution >= 0.6 is 11.3 Å². The Bertz CT molecular complexity index is 5010. The first-order valence-corrected chi connectivity index (χ1v) is 28.1. The average molecular weight is 1010 g/mol. The van der Waals surface area contributed by atoms with E-state index in [0.29, 0.717) is 0 Å². The number of para-hydroxylation sites is 2. The van der Waals surface area contributed by atoms with E-state index in [2.05, 4.69) is 267 Å². The quantitative estimate of drug-likeness (QED) is 0.171. The van der Waals surface area contributed by atoms with Crippen molar-refractivity contribution in [2.75, 3.05) is 4.90 Å². The smallest absolute Gasteiger partial charge is 0.0726 e. The van der Waals surface area contributed by atoms with Crippen LogP contribution in [0, 0.1) is 6.92 Å². The summed E-state index contributed by atoms with van der Waals surface area (Å²) in [5, 5.41) is 11.5. The Hall–Kier alpha value is -9.28. The minimum Gasteiger partial charge on any atom is -0.309 e. The molecule has 0 fully saturated rings. The van der Waals surface area contributed by atoms with E-state index in [1.54, 1.807) is 0 Å². The van der Waals surface area contributed by atoms with Gasteiger partial charge in [0.25, 0.3) is 0 Å². The van der Waals surface area contributed by atoms with Gasteiger partial charge in [-0.1, -0.05) is 196 Å². The zero-order valence-corrected chi connectivity index (χ0v) is 44.3. The SMILES string of the molecule is C=C/C=c1/ccc2c3c(cc(-n4c5ccccc5c5cc(-c6ccc7c(c6)C(C)(C)c6ccccc6N7c6cccc7c6-c6ccccc6C76c7ccccc7-c7ccccc76)ccc54)c(C)c13)cc1sc3ccccc3c12. The van der Waals surface area contributed by atoms with Gasteiger partial charge in [-0.2, -0.15) is 0 Å². The number of benzene rings is 12. The van der Waals surface area contributed by atoms with Crippen molar-refractivity contribution in [2.45, 2.75) is 31.6 Å². The fourth-order valence-corrected chi connectivity index (χ4v) is 16.2. The molecule has 0 bridgehead atoms. The Morgan fingerprint density at radius 1 is 0.423 bits per heavy atom. The van der Waals surface area contributed by atoms with Crippen molar-refractivity contribution < 1.29 is 0 Å². The number of allylic oxidation sites excluding steroid dienone is 1. The fraction of sp³-hybridized carbons (Fsp3) is 0.0667. The standard InChI is InChI=1S/C75H50N2S/c1-5-19-45-34-37-54-71-48(43-69-72(54)53-24-10-17-33-68(53)78-69)42-67(44(2)70(45)71)76-62-30-15-9-22-51(62)55-40-46(35-38-63(55)76)47-36-39-65-61(41-47)74(3,4)59-28-14-16-31-64(59)77(65)66-32-18-29-60-73(66)52-23-8-13-27-58(52)75(60)56-25-11-6-20-49(56)50-21-7-12-26-57(50)75/h5-43H,1H2,2-4H3/b45-19-. The fourth-order valence-electron chi connectivity index (χ4n) is 15.0. The van der Waals surface area contributed by atoms with Gasteiger partial charge in [-0.05, 0) is 161 Å². The van der Waals surface area contributed by atoms with Crippen molar-refractivity contribution in [3.8, 4) is 39.1 Å². The highest BCUT2D eigenvalue weighted by atomic mass is 32.1. The largest absolute Gasteiger partial charge is 0.309 e. The van der Waals surface area contributed by atoms with E-state index in [1.807, 2.05) is 17.4 Å². The predicted octanol–water partition coefficient (Wildman–Crippen LogP) is 19.6. The van der Waals surface area contributed by atoms with E-state index >= 15 is 0 Å². The summed E-state index contributed by atoms with van der Waals surface area (Å²) >= 11 is 1.89. The zero-order chi connectivity index (χ0) is 51.8. The second-order valence-corrected chi connectivity index (χ2v) is 23.4. The average Bonchev–Trinajstić information content (AvgIpc) is 4.40. The van der Waals surface area contributed by atoms with E-state index in [0.717, 1.165) is 0 Å². The van der Waals surface area contributed by atoms with Gasteiger partial charge in [-0.25, -0.2) is 0 Å². The summed E-state index contributed by atoms with van der Waals surface area (Å²) < 4.78 is 5.16. The minimum atomic E-state index is -0.430. The maximum absolute atomic E-state index is 4.16. The van der Waals surface area contributed by atoms with Gasteiger partial charge in [0.15, 0.2) is 0 Å². The van der Waals surface area contributed by atoms with Crippen LogP contribution in [0.25, 0.3) is 109 Å². The van der Waals surface area contributed by atoms with Crippen LogP contribution in [0.5, 0.6) is 0 Å². The van der Waals surface area contributed by atoms with E-state index in [-0.39, 0.29) is 5.41 Å².